The highest BCUT2D eigenvalue weighted by molar-refractivity contribution is 6.42. The average molecular weight is 332 g/mol. The van der Waals surface area contributed by atoms with Crippen molar-refractivity contribution in [3.8, 4) is 0 Å². The Bertz CT molecular complexity index is 535. The SMILES string of the molecule is CC(C)[C@H](N)C(=O)N(C)CC(=O)Nc1ccc(Cl)c(Cl)c1. The maximum Gasteiger partial charge on any atom is 0.243 e. The number of anilines is 1. The highest BCUT2D eigenvalue weighted by Crippen LogP contribution is 2.24. The molecule has 0 unspecified atom stereocenters. The Morgan fingerprint density at radius 1 is 1.29 bits per heavy atom. The zero-order valence-electron chi connectivity index (χ0n) is 12.2. The summed E-state index contributed by atoms with van der Waals surface area (Å²) < 4.78 is 0. The second-order valence-electron chi connectivity index (χ2n) is 5.14. The summed E-state index contributed by atoms with van der Waals surface area (Å²) in [5.41, 5.74) is 6.29. The maximum atomic E-state index is 12.0. The molecule has 1 rings (SSSR count). The summed E-state index contributed by atoms with van der Waals surface area (Å²) in [7, 11) is 1.54. The minimum atomic E-state index is -0.618. The predicted molar refractivity (Wildman–Crippen MR) is 85.5 cm³/mol. The molecule has 0 radical (unpaired) electrons. The first-order valence-corrected chi connectivity index (χ1v) is 7.23. The van der Waals surface area contributed by atoms with Gasteiger partial charge in [0.15, 0.2) is 0 Å². The largest absolute Gasteiger partial charge is 0.335 e. The number of halogens is 2. The number of rotatable bonds is 5. The van der Waals surface area contributed by atoms with Gasteiger partial charge in [-0.1, -0.05) is 37.0 Å². The quantitative estimate of drug-likeness (QED) is 0.869. The van der Waals surface area contributed by atoms with Crippen LogP contribution in [0.15, 0.2) is 18.2 Å². The monoisotopic (exact) mass is 331 g/mol. The van der Waals surface area contributed by atoms with Crippen molar-refractivity contribution in [2.24, 2.45) is 11.7 Å². The lowest BCUT2D eigenvalue weighted by atomic mass is 10.0. The van der Waals surface area contributed by atoms with Gasteiger partial charge in [-0.05, 0) is 24.1 Å². The number of hydrogen-bond acceptors (Lipinski definition) is 3. The van der Waals surface area contributed by atoms with Crippen molar-refractivity contribution >= 4 is 40.7 Å². The van der Waals surface area contributed by atoms with Crippen LogP contribution in [0.25, 0.3) is 0 Å². The van der Waals surface area contributed by atoms with E-state index in [0.717, 1.165) is 0 Å². The van der Waals surface area contributed by atoms with E-state index in [9.17, 15) is 9.59 Å². The number of amides is 2. The molecule has 0 aliphatic rings. The molecule has 7 heteroatoms. The fraction of sp³-hybridized carbons (Fsp3) is 0.429. The fourth-order valence-electron chi connectivity index (χ4n) is 1.61. The van der Waals surface area contributed by atoms with E-state index in [1.165, 1.54) is 4.90 Å². The Hall–Kier alpha value is -1.30. The van der Waals surface area contributed by atoms with Crippen molar-refractivity contribution < 1.29 is 9.59 Å². The molecule has 0 aliphatic carbocycles. The molecule has 1 atom stereocenters. The molecule has 0 fully saturated rings. The first kappa shape index (κ1) is 17.8. The Morgan fingerprint density at radius 3 is 2.43 bits per heavy atom. The van der Waals surface area contributed by atoms with Crippen LogP contribution in [0.1, 0.15) is 13.8 Å². The Morgan fingerprint density at radius 2 is 1.90 bits per heavy atom. The zero-order chi connectivity index (χ0) is 16.2. The van der Waals surface area contributed by atoms with Crippen LogP contribution in [-0.2, 0) is 9.59 Å². The average Bonchev–Trinajstić information content (AvgIpc) is 2.40. The van der Waals surface area contributed by atoms with E-state index in [0.29, 0.717) is 15.7 Å². The number of carbonyl (C=O) groups is 2. The van der Waals surface area contributed by atoms with Crippen molar-refractivity contribution in [2.45, 2.75) is 19.9 Å². The van der Waals surface area contributed by atoms with E-state index >= 15 is 0 Å². The van der Waals surface area contributed by atoms with Crippen LogP contribution in [0.4, 0.5) is 5.69 Å². The molecule has 0 heterocycles. The summed E-state index contributed by atoms with van der Waals surface area (Å²) >= 11 is 11.7. The normalized spacial score (nSPS) is 12.1. The lowest BCUT2D eigenvalue weighted by Crippen LogP contribution is -2.47. The highest BCUT2D eigenvalue weighted by atomic mass is 35.5. The molecule has 0 aliphatic heterocycles. The lowest BCUT2D eigenvalue weighted by Gasteiger charge is -2.22. The summed E-state index contributed by atoms with van der Waals surface area (Å²) in [5.74, 6) is -0.590. The molecule has 0 bridgehead atoms. The molecule has 3 N–H and O–H groups in total. The van der Waals surface area contributed by atoms with Gasteiger partial charge in [-0.15, -0.1) is 0 Å². The van der Waals surface area contributed by atoms with Crippen LogP contribution in [0.3, 0.4) is 0 Å². The molecule has 1 aromatic carbocycles. The summed E-state index contributed by atoms with van der Waals surface area (Å²) in [6.07, 6.45) is 0. The zero-order valence-corrected chi connectivity index (χ0v) is 13.7. The molecule has 1 aromatic rings. The second-order valence-corrected chi connectivity index (χ2v) is 5.96. The minimum Gasteiger partial charge on any atom is -0.335 e. The van der Waals surface area contributed by atoms with E-state index in [-0.39, 0.29) is 24.3 Å². The third-order valence-corrected chi connectivity index (χ3v) is 3.70. The molecule has 0 saturated heterocycles. The predicted octanol–water partition coefficient (Wildman–Crippen LogP) is 2.37. The van der Waals surface area contributed by atoms with Gasteiger partial charge in [-0.25, -0.2) is 0 Å². The molecule has 0 aromatic heterocycles. The number of likely N-dealkylation sites (N-methyl/N-ethyl adjacent to an activating group) is 1. The topological polar surface area (TPSA) is 75.4 Å². The molecular weight excluding hydrogens is 313 g/mol. The number of hydrogen-bond donors (Lipinski definition) is 2. The van der Waals surface area contributed by atoms with Crippen molar-refractivity contribution in [1.82, 2.24) is 4.90 Å². The third kappa shape index (κ3) is 5.19. The van der Waals surface area contributed by atoms with Gasteiger partial charge < -0.3 is 16.0 Å². The number of carbonyl (C=O) groups excluding carboxylic acids is 2. The van der Waals surface area contributed by atoms with E-state index in [1.807, 2.05) is 13.8 Å². The number of nitrogens with one attached hydrogen (secondary N) is 1. The smallest absolute Gasteiger partial charge is 0.243 e. The van der Waals surface area contributed by atoms with Gasteiger partial charge in [0.05, 0.1) is 22.6 Å². The Balaban J connectivity index is 2.60. The van der Waals surface area contributed by atoms with Gasteiger partial charge in [0, 0.05) is 12.7 Å². The molecule has 0 spiro atoms. The summed E-state index contributed by atoms with van der Waals surface area (Å²) in [6, 6.07) is 4.15. The van der Waals surface area contributed by atoms with Crippen molar-refractivity contribution in [3.05, 3.63) is 28.2 Å². The van der Waals surface area contributed by atoms with Crippen LogP contribution in [0, 0.1) is 5.92 Å². The second kappa shape index (κ2) is 7.64. The molecule has 2 amide bonds. The van der Waals surface area contributed by atoms with Gasteiger partial charge in [-0.2, -0.15) is 0 Å². The van der Waals surface area contributed by atoms with Crippen molar-refractivity contribution in [1.29, 1.82) is 0 Å². The molecular formula is C14H19Cl2N3O2. The molecule has 0 saturated carbocycles. The number of nitrogens with zero attached hydrogens (tertiary/aromatic N) is 1. The highest BCUT2D eigenvalue weighted by Gasteiger charge is 2.22. The first-order chi connectivity index (χ1) is 9.72. The third-order valence-electron chi connectivity index (χ3n) is 2.96. The Labute approximate surface area is 134 Å². The lowest BCUT2D eigenvalue weighted by molar-refractivity contribution is -0.135. The van der Waals surface area contributed by atoms with Crippen molar-refractivity contribution in [3.63, 3.8) is 0 Å². The number of nitrogens with two attached hydrogens (primary N) is 1. The first-order valence-electron chi connectivity index (χ1n) is 6.47. The summed E-state index contributed by atoms with van der Waals surface area (Å²) in [6.45, 7) is 3.62. The maximum absolute atomic E-state index is 12.0. The molecule has 21 heavy (non-hydrogen) atoms. The van der Waals surface area contributed by atoms with Crippen LogP contribution >= 0.6 is 23.2 Å². The van der Waals surface area contributed by atoms with E-state index in [1.54, 1.807) is 25.2 Å². The molecule has 5 nitrogen and oxygen atoms in total. The Kier molecular flexibility index (Phi) is 6.45. The van der Waals surface area contributed by atoms with Gasteiger partial charge in [0.2, 0.25) is 11.8 Å². The molecule has 116 valence electrons. The van der Waals surface area contributed by atoms with Crippen molar-refractivity contribution in [2.75, 3.05) is 18.9 Å². The number of benzene rings is 1. The fourth-order valence-corrected chi connectivity index (χ4v) is 1.91. The summed E-state index contributed by atoms with van der Waals surface area (Å²) in [4.78, 5) is 25.2. The van der Waals surface area contributed by atoms with E-state index in [4.69, 9.17) is 28.9 Å². The standard InChI is InChI=1S/C14H19Cl2N3O2/c1-8(2)13(17)14(21)19(3)7-12(20)18-9-4-5-10(15)11(16)6-9/h4-6,8,13H,7,17H2,1-3H3,(H,18,20)/t13-/m0/s1. The van der Waals surface area contributed by atoms with E-state index < -0.39 is 6.04 Å². The van der Waals surface area contributed by atoms with Gasteiger partial charge in [0.1, 0.15) is 0 Å². The summed E-state index contributed by atoms with van der Waals surface area (Å²) in [5, 5.41) is 3.40. The van der Waals surface area contributed by atoms with Crippen LogP contribution < -0.4 is 11.1 Å². The van der Waals surface area contributed by atoms with Crippen LogP contribution in [-0.4, -0.2) is 36.3 Å². The van der Waals surface area contributed by atoms with Gasteiger partial charge in [0.25, 0.3) is 0 Å². The van der Waals surface area contributed by atoms with Crippen LogP contribution in [0.5, 0.6) is 0 Å². The van der Waals surface area contributed by atoms with Crippen LogP contribution in [0.2, 0.25) is 10.0 Å². The van der Waals surface area contributed by atoms with E-state index in [2.05, 4.69) is 5.32 Å². The minimum absolute atomic E-state index is 0.0121. The van der Waals surface area contributed by atoms with Gasteiger partial charge in [-0.3, -0.25) is 9.59 Å². The van der Waals surface area contributed by atoms with Gasteiger partial charge >= 0.3 is 0 Å².